The Bertz CT molecular complexity index is 782. The van der Waals surface area contributed by atoms with Crippen molar-refractivity contribution in [1.82, 2.24) is 0 Å². The zero-order valence-corrected chi connectivity index (χ0v) is 16.2. The summed E-state index contributed by atoms with van der Waals surface area (Å²) in [5.41, 5.74) is 0. The average molecular weight is 380 g/mol. The predicted octanol–water partition coefficient (Wildman–Crippen LogP) is 3.30. The first-order chi connectivity index (χ1) is 12.4. The molecule has 0 fully saturated rings. The van der Waals surface area contributed by atoms with Crippen LogP contribution in [0.2, 0.25) is 0 Å². The van der Waals surface area contributed by atoms with Crippen LogP contribution in [0, 0.1) is 11.8 Å². The van der Waals surface area contributed by atoms with Gasteiger partial charge in [0.1, 0.15) is 0 Å². The molecule has 2 rings (SSSR count). The van der Waals surface area contributed by atoms with E-state index in [0.29, 0.717) is 23.0 Å². The zero-order chi connectivity index (χ0) is 19.3. The van der Waals surface area contributed by atoms with Crippen LogP contribution in [-0.2, 0) is 9.53 Å². The lowest BCUT2D eigenvalue weighted by Crippen LogP contribution is -2.16. The van der Waals surface area contributed by atoms with E-state index in [-0.39, 0.29) is 24.7 Å². The molecule has 0 unspecified atom stereocenters. The highest BCUT2D eigenvalue weighted by Gasteiger charge is 2.20. The number of rotatable bonds is 9. The Morgan fingerprint density at radius 3 is 2.50 bits per heavy atom. The number of hydrogen-bond acceptors (Lipinski definition) is 7. The van der Waals surface area contributed by atoms with Gasteiger partial charge in [-0.25, -0.2) is 0 Å². The van der Waals surface area contributed by atoms with Crippen LogP contribution < -0.4 is 9.47 Å². The Morgan fingerprint density at radius 2 is 1.88 bits per heavy atom. The largest absolute Gasteiger partial charge is 0.493 e. The standard InChI is InChI=1S/C19H24O6S/c1-11(9-20)10-25-16-6-13-7-18(26-17(13)8-15(16)23-3)14(21)5-12(2)19(22)24-4/h6-8,11-12,20H,5,9-10H2,1-4H3/t11-,12-/m0/s1. The van der Waals surface area contributed by atoms with Crippen LogP contribution in [0.5, 0.6) is 11.5 Å². The van der Waals surface area contributed by atoms with Gasteiger partial charge in [-0.2, -0.15) is 0 Å². The molecular weight excluding hydrogens is 356 g/mol. The molecule has 0 saturated carbocycles. The van der Waals surface area contributed by atoms with Gasteiger partial charge in [-0.1, -0.05) is 13.8 Å². The van der Waals surface area contributed by atoms with Crippen molar-refractivity contribution < 1.29 is 28.9 Å². The molecule has 1 aromatic heterocycles. The minimum atomic E-state index is -0.480. The monoisotopic (exact) mass is 380 g/mol. The normalized spacial score (nSPS) is 13.3. The molecule has 2 aromatic rings. The van der Waals surface area contributed by atoms with Crippen molar-refractivity contribution >= 4 is 33.2 Å². The van der Waals surface area contributed by atoms with Crippen LogP contribution in [0.4, 0.5) is 0 Å². The smallest absolute Gasteiger partial charge is 0.308 e. The number of esters is 1. The first-order valence-electron chi connectivity index (χ1n) is 8.35. The molecule has 0 saturated heterocycles. The van der Waals surface area contributed by atoms with E-state index in [1.807, 2.05) is 19.1 Å². The number of ether oxygens (including phenoxy) is 3. The molecule has 26 heavy (non-hydrogen) atoms. The molecule has 1 aromatic carbocycles. The second-order valence-electron chi connectivity index (χ2n) is 6.30. The number of thiophene rings is 1. The summed E-state index contributed by atoms with van der Waals surface area (Å²) in [5, 5.41) is 10.00. The lowest BCUT2D eigenvalue weighted by atomic mass is 10.0. The second kappa shape index (κ2) is 9.00. The molecule has 142 valence electrons. The van der Waals surface area contributed by atoms with Gasteiger partial charge in [0.2, 0.25) is 0 Å². The van der Waals surface area contributed by atoms with Crippen LogP contribution in [0.3, 0.4) is 0 Å². The molecule has 0 amide bonds. The number of ketones is 1. The highest BCUT2D eigenvalue weighted by molar-refractivity contribution is 7.20. The molecule has 1 N–H and O–H groups in total. The van der Waals surface area contributed by atoms with E-state index in [1.165, 1.54) is 18.4 Å². The Kier molecular flexibility index (Phi) is 6.99. The molecular formula is C19H24O6S. The fraction of sp³-hybridized carbons (Fsp3) is 0.474. The van der Waals surface area contributed by atoms with Gasteiger partial charge in [-0.3, -0.25) is 9.59 Å². The van der Waals surface area contributed by atoms with Crippen LogP contribution in [0.25, 0.3) is 10.1 Å². The van der Waals surface area contributed by atoms with E-state index in [1.54, 1.807) is 20.1 Å². The number of aliphatic hydroxyl groups excluding tert-OH is 1. The number of methoxy groups -OCH3 is 2. The van der Waals surface area contributed by atoms with Gasteiger partial charge < -0.3 is 19.3 Å². The van der Waals surface area contributed by atoms with Crippen molar-refractivity contribution in [3.8, 4) is 11.5 Å². The number of Topliss-reactive ketones (excluding diaryl/α,β-unsaturated/α-hetero) is 1. The molecule has 6 nitrogen and oxygen atoms in total. The summed E-state index contributed by atoms with van der Waals surface area (Å²) in [6, 6.07) is 5.46. The Labute approximate surface area is 156 Å². The number of fused-ring (bicyclic) bond motifs is 1. The Hall–Kier alpha value is -2.12. The van der Waals surface area contributed by atoms with Crippen LogP contribution in [0.15, 0.2) is 18.2 Å². The minimum Gasteiger partial charge on any atom is -0.493 e. The third-order valence-electron chi connectivity index (χ3n) is 4.01. The molecule has 2 atom stereocenters. The van der Waals surface area contributed by atoms with Gasteiger partial charge in [0.15, 0.2) is 17.3 Å². The van der Waals surface area contributed by atoms with Gasteiger partial charge in [-0.05, 0) is 17.5 Å². The summed E-state index contributed by atoms with van der Waals surface area (Å²) >= 11 is 1.36. The minimum absolute atomic E-state index is 0.00910. The first kappa shape index (κ1) is 20.2. The number of hydrogen-bond donors (Lipinski definition) is 1. The second-order valence-corrected chi connectivity index (χ2v) is 7.39. The third kappa shape index (κ3) is 4.74. The molecule has 0 aliphatic carbocycles. The van der Waals surface area contributed by atoms with Crippen molar-refractivity contribution in [3.05, 3.63) is 23.1 Å². The first-order valence-corrected chi connectivity index (χ1v) is 9.17. The molecule has 7 heteroatoms. The summed E-state index contributed by atoms with van der Waals surface area (Å²) < 4.78 is 16.7. The summed E-state index contributed by atoms with van der Waals surface area (Å²) in [5.74, 6) is 0.182. The third-order valence-corrected chi connectivity index (χ3v) is 5.15. The van der Waals surface area contributed by atoms with E-state index < -0.39 is 11.9 Å². The summed E-state index contributed by atoms with van der Waals surface area (Å²) in [6.07, 6.45) is 0.105. The Morgan fingerprint density at radius 1 is 1.15 bits per heavy atom. The fourth-order valence-electron chi connectivity index (χ4n) is 2.41. The maximum absolute atomic E-state index is 12.5. The van der Waals surface area contributed by atoms with Gasteiger partial charge in [0.25, 0.3) is 0 Å². The van der Waals surface area contributed by atoms with E-state index in [0.717, 1.165) is 10.1 Å². The number of aliphatic hydroxyl groups is 1. The average Bonchev–Trinajstić information content (AvgIpc) is 3.07. The molecule has 0 aliphatic rings. The molecule has 0 spiro atoms. The highest BCUT2D eigenvalue weighted by atomic mass is 32.1. The van der Waals surface area contributed by atoms with Crippen molar-refractivity contribution in [2.75, 3.05) is 27.4 Å². The van der Waals surface area contributed by atoms with E-state index >= 15 is 0 Å². The topological polar surface area (TPSA) is 82.1 Å². The lowest BCUT2D eigenvalue weighted by molar-refractivity contribution is -0.144. The van der Waals surface area contributed by atoms with E-state index in [4.69, 9.17) is 14.6 Å². The summed E-state index contributed by atoms with van der Waals surface area (Å²) in [7, 11) is 2.87. The molecule has 1 heterocycles. The van der Waals surface area contributed by atoms with Crippen molar-refractivity contribution in [1.29, 1.82) is 0 Å². The quantitative estimate of drug-likeness (QED) is 0.531. The summed E-state index contributed by atoms with van der Waals surface area (Å²) in [6.45, 7) is 3.97. The van der Waals surface area contributed by atoms with E-state index in [2.05, 4.69) is 4.74 Å². The van der Waals surface area contributed by atoms with Crippen molar-refractivity contribution in [2.24, 2.45) is 11.8 Å². The van der Waals surface area contributed by atoms with Gasteiger partial charge in [0.05, 0.1) is 31.6 Å². The van der Waals surface area contributed by atoms with Crippen LogP contribution in [-0.4, -0.2) is 44.3 Å². The maximum Gasteiger partial charge on any atom is 0.308 e. The number of carbonyl (C=O) groups is 2. The van der Waals surface area contributed by atoms with Crippen LogP contribution >= 0.6 is 11.3 Å². The van der Waals surface area contributed by atoms with Gasteiger partial charge >= 0.3 is 5.97 Å². The maximum atomic E-state index is 12.5. The summed E-state index contributed by atoms with van der Waals surface area (Å²) in [4.78, 5) is 24.5. The lowest BCUT2D eigenvalue weighted by Gasteiger charge is -2.13. The highest BCUT2D eigenvalue weighted by Crippen LogP contribution is 2.37. The zero-order valence-electron chi connectivity index (χ0n) is 15.4. The fourth-order valence-corrected chi connectivity index (χ4v) is 3.43. The van der Waals surface area contributed by atoms with Gasteiger partial charge in [-0.15, -0.1) is 11.3 Å². The van der Waals surface area contributed by atoms with E-state index in [9.17, 15) is 9.59 Å². The van der Waals surface area contributed by atoms with Gasteiger partial charge in [0, 0.05) is 29.7 Å². The molecule has 0 bridgehead atoms. The Balaban J connectivity index is 2.24. The van der Waals surface area contributed by atoms with Crippen molar-refractivity contribution in [2.45, 2.75) is 20.3 Å². The molecule has 0 aliphatic heterocycles. The SMILES string of the molecule is COC(=O)[C@@H](C)CC(=O)c1cc2cc(OC[C@@H](C)CO)c(OC)cc2s1. The number of benzene rings is 1. The van der Waals surface area contributed by atoms with Crippen molar-refractivity contribution in [3.63, 3.8) is 0 Å². The number of carbonyl (C=O) groups excluding carboxylic acids is 2. The van der Waals surface area contributed by atoms with Crippen LogP contribution in [0.1, 0.15) is 29.9 Å². The predicted molar refractivity (Wildman–Crippen MR) is 100 cm³/mol. The molecule has 0 radical (unpaired) electrons.